The summed E-state index contributed by atoms with van der Waals surface area (Å²) >= 11 is 0. The van der Waals surface area contributed by atoms with Crippen molar-refractivity contribution in [2.24, 2.45) is 4.99 Å². The van der Waals surface area contributed by atoms with E-state index in [2.05, 4.69) is 28.1 Å². The highest BCUT2D eigenvalue weighted by Gasteiger charge is 2.21. The van der Waals surface area contributed by atoms with Crippen LogP contribution < -0.4 is 4.90 Å². The number of rotatable bonds is 4. The van der Waals surface area contributed by atoms with Crippen LogP contribution in [0, 0.1) is 0 Å². The van der Waals surface area contributed by atoms with Crippen molar-refractivity contribution in [3.05, 3.63) is 65.7 Å². The minimum absolute atomic E-state index is 0.186. The summed E-state index contributed by atoms with van der Waals surface area (Å²) in [6, 6.07) is 18.3. The number of benzodiazepines with no additional fused rings is 1. The van der Waals surface area contributed by atoms with E-state index in [9.17, 15) is 4.79 Å². The molecule has 3 nitrogen and oxygen atoms in total. The molecule has 0 aliphatic carbocycles. The number of anilines is 1. The second kappa shape index (κ2) is 6.35. The third-order valence-corrected chi connectivity index (χ3v) is 3.81. The van der Waals surface area contributed by atoms with Crippen LogP contribution in [-0.4, -0.2) is 31.6 Å². The molecule has 1 unspecified atom stereocenters. The van der Waals surface area contributed by atoms with Gasteiger partial charge in [-0.3, -0.25) is 4.99 Å². The monoisotopic (exact) mass is 278 g/mol. The van der Waals surface area contributed by atoms with E-state index in [1.54, 1.807) is 0 Å². The van der Waals surface area contributed by atoms with Gasteiger partial charge in [0.15, 0.2) is 0 Å². The fourth-order valence-electron chi connectivity index (χ4n) is 2.69. The quantitative estimate of drug-likeness (QED) is 0.806. The number of hydrogen-bond donors (Lipinski definition) is 0. The first-order valence-corrected chi connectivity index (χ1v) is 7.23. The van der Waals surface area contributed by atoms with Gasteiger partial charge >= 0.3 is 0 Å². The summed E-state index contributed by atoms with van der Waals surface area (Å²) in [4.78, 5) is 18.0. The average molecular weight is 278 g/mol. The highest BCUT2D eigenvalue weighted by atomic mass is 16.1. The van der Waals surface area contributed by atoms with Crippen LogP contribution in [0.2, 0.25) is 0 Å². The molecule has 106 valence electrons. The van der Waals surface area contributed by atoms with E-state index in [1.165, 1.54) is 5.56 Å². The van der Waals surface area contributed by atoms with Crippen molar-refractivity contribution in [1.82, 2.24) is 0 Å². The number of hydrogen-bond acceptors (Lipinski definition) is 3. The van der Waals surface area contributed by atoms with Crippen LogP contribution in [-0.2, 0) is 11.2 Å². The van der Waals surface area contributed by atoms with Crippen molar-refractivity contribution in [1.29, 1.82) is 0 Å². The molecule has 1 aliphatic rings. The van der Waals surface area contributed by atoms with Crippen LogP contribution in [0.5, 0.6) is 0 Å². The summed E-state index contributed by atoms with van der Waals surface area (Å²) in [6.07, 6.45) is 3.79. The van der Waals surface area contributed by atoms with E-state index >= 15 is 0 Å². The van der Waals surface area contributed by atoms with Gasteiger partial charge in [0.1, 0.15) is 12.3 Å². The minimum atomic E-state index is -0.186. The van der Waals surface area contributed by atoms with E-state index in [4.69, 9.17) is 0 Å². The molecular weight excluding hydrogens is 260 g/mol. The van der Waals surface area contributed by atoms with Crippen LogP contribution in [0.1, 0.15) is 11.1 Å². The van der Waals surface area contributed by atoms with Crippen molar-refractivity contribution in [3.8, 4) is 0 Å². The molecule has 2 aromatic carbocycles. The predicted molar refractivity (Wildman–Crippen MR) is 86.2 cm³/mol. The maximum Gasteiger partial charge on any atom is 0.144 e. The van der Waals surface area contributed by atoms with Gasteiger partial charge in [-0.15, -0.1) is 0 Å². The Morgan fingerprint density at radius 3 is 2.67 bits per heavy atom. The van der Waals surface area contributed by atoms with E-state index in [-0.39, 0.29) is 6.04 Å². The highest BCUT2D eigenvalue weighted by molar-refractivity contribution is 5.90. The van der Waals surface area contributed by atoms with Gasteiger partial charge in [-0.25, -0.2) is 0 Å². The highest BCUT2D eigenvalue weighted by Crippen LogP contribution is 2.23. The lowest BCUT2D eigenvalue weighted by molar-refractivity contribution is -0.108. The molecule has 0 saturated heterocycles. The maximum absolute atomic E-state index is 11.4. The van der Waals surface area contributed by atoms with Gasteiger partial charge in [0.2, 0.25) is 0 Å². The predicted octanol–water partition coefficient (Wildman–Crippen LogP) is 2.74. The zero-order valence-corrected chi connectivity index (χ0v) is 11.9. The average Bonchev–Trinajstić information content (AvgIpc) is 2.73. The van der Waals surface area contributed by atoms with Crippen molar-refractivity contribution >= 4 is 18.2 Å². The number of carbonyl (C=O) groups excluding carboxylic acids is 1. The molecule has 0 aromatic heterocycles. The molecule has 1 atom stereocenters. The SMILES string of the molecule is O=CC1CN=Cc2ccccc2N1CCc1ccccc1. The Balaban J connectivity index is 1.85. The first kappa shape index (κ1) is 13.6. The number of aliphatic imine (C=N–C) groups is 1. The summed E-state index contributed by atoms with van der Waals surface area (Å²) in [6.45, 7) is 1.33. The number of nitrogens with zero attached hydrogens (tertiary/aromatic N) is 2. The molecule has 1 heterocycles. The first-order chi connectivity index (χ1) is 10.4. The smallest absolute Gasteiger partial charge is 0.144 e. The normalized spacial score (nSPS) is 17.1. The van der Waals surface area contributed by atoms with E-state index in [0.29, 0.717) is 6.54 Å². The Morgan fingerprint density at radius 1 is 1.10 bits per heavy atom. The van der Waals surface area contributed by atoms with Gasteiger partial charge in [-0.2, -0.15) is 0 Å². The lowest BCUT2D eigenvalue weighted by Crippen LogP contribution is -2.40. The molecule has 0 bridgehead atoms. The van der Waals surface area contributed by atoms with Gasteiger partial charge < -0.3 is 9.69 Å². The number of para-hydroxylation sites is 1. The number of fused-ring (bicyclic) bond motifs is 1. The molecule has 0 N–H and O–H groups in total. The van der Waals surface area contributed by atoms with Gasteiger partial charge in [0.25, 0.3) is 0 Å². The lowest BCUT2D eigenvalue weighted by atomic mass is 10.1. The number of carbonyl (C=O) groups is 1. The fraction of sp³-hybridized carbons (Fsp3) is 0.222. The van der Waals surface area contributed by atoms with Gasteiger partial charge in [-0.1, -0.05) is 48.5 Å². The molecular formula is C18H18N2O. The second-order valence-electron chi connectivity index (χ2n) is 5.19. The van der Waals surface area contributed by atoms with Gasteiger partial charge in [0, 0.05) is 24.0 Å². The fourth-order valence-corrected chi connectivity index (χ4v) is 2.69. The molecule has 3 heteroatoms. The molecule has 2 aromatic rings. The third-order valence-electron chi connectivity index (χ3n) is 3.81. The largest absolute Gasteiger partial charge is 0.359 e. The van der Waals surface area contributed by atoms with Crippen molar-refractivity contribution in [2.75, 3.05) is 18.0 Å². The van der Waals surface area contributed by atoms with Gasteiger partial charge in [-0.05, 0) is 18.1 Å². The van der Waals surface area contributed by atoms with E-state index in [0.717, 1.165) is 30.5 Å². The van der Waals surface area contributed by atoms with Crippen LogP contribution >= 0.6 is 0 Å². The summed E-state index contributed by atoms with van der Waals surface area (Å²) in [5, 5.41) is 0. The lowest BCUT2D eigenvalue weighted by Gasteiger charge is -2.29. The Labute approximate surface area is 124 Å². The van der Waals surface area contributed by atoms with E-state index in [1.807, 2.05) is 42.6 Å². The summed E-state index contributed by atoms with van der Waals surface area (Å²) in [7, 11) is 0. The molecule has 0 radical (unpaired) electrons. The molecule has 3 rings (SSSR count). The van der Waals surface area contributed by atoms with Gasteiger partial charge in [0.05, 0.1) is 6.54 Å². The third kappa shape index (κ3) is 3.02. The zero-order chi connectivity index (χ0) is 14.5. The minimum Gasteiger partial charge on any atom is -0.359 e. The molecule has 21 heavy (non-hydrogen) atoms. The second-order valence-corrected chi connectivity index (χ2v) is 5.19. The zero-order valence-electron chi connectivity index (χ0n) is 11.9. The standard InChI is InChI=1S/C18H18N2O/c21-14-17-13-19-12-16-8-4-5-9-18(16)20(17)11-10-15-6-2-1-3-7-15/h1-9,12,14,17H,10-11,13H2. The van der Waals surface area contributed by atoms with Crippen LogP contribution in [0.25, 0.3) is 0 Å². The Morgan fingerprint density at radius 2 is 1.86 bits per heavy atom. The van der Waals surface area contributed by atoms with Crippen molar-refractivity contribution in [3.63, 3.8) is 0 Å². The van der Waals surface area contributed by atoms with Crippen LogP contribution in [0.3, 0.4) is 0 Å². The van der Waals surface area contributed by atoms with Crippen LogP contribution in [0.15, 0.2) is 59.6 Å². The molecule has 0 saturated carbocycles. The molecule has 1 aliphatic heterocycles. The molecule has 0 spiro atoms. The Kier molecular flexibility index (Phi) is 4.10. The Bertz CT molecular complexity index is 637. The maximum atomic E-state index is 11.4. The number of benzene rings is 2. The number of aldehydes is 1. The topological polar surface area (TPSA) is 32.7 Å². The first-order valence-electron chi connectivity index (χ1n) is 7.23. The molecule has 0 amide bonds. The summed E-state index contributed by atoms with van der Waals surface area (Å²) in [5.41, 5.74) is 3.45. The van der Waals surface area contributed by atoms with E-state index < -0.39 is 0 Å². The molecule has 0 fully saturated rings. The van der Waals surface area contributed by atoms with Crippen LogP contribution in [0.4, 0.5) is 5.69 Å². The van der Waals surface area contributed by atoms with Crippen molar-refractivity contribution < 1.29 is 4.79 Å². The summed E-state index contributed by atoms with van der Waals surface area (Å²) < 4.78 is 0. The Hall–Kier alpha value is -2.42. The summed E-state index contributed by atoms with van der Waals surface area (Å²) in [5.74, 6) is 0. The van der Waals surface area contributed by atoms with Crippen molar-refractivity contribution in [2.45, 2.75) is 12.5 Å².